The molecule has 2 aromatic rings. The van der Waals surface area contributed by atoms with E-state index in [0.29, 0.717) is 5.56 Å². The monoisotopic (exact) mass is 278 g/mol. The second-order valence-corrected chi connectivity index (χ2v) is 4.72. The molecule has 0 radical (unpaired) electrons. The fourth-order valence-corrected chi connectivity index (χ4v) is 1.92. The molecule has 1 N–H and O–H groups in total. The third kappa shape index (κ3) is 5.21. The topological polar surface area (TPSA) is 37.3 Å². The van der Waals surface area contributed by atoms with Crippen LogP contribution in [-0.2, 0) is 0 Å². The van der Waals surface area contributed by atoms with Crippen molar-refractivity contribution in [2.24, 2.45) is 0 Å². The number of Topliss-reactive ketones (excluding diaryl/α,β-unsaturated/α-hetero) is 1. The van der Waals surface area contributed by atoms with E-state index in [1.165, 1.54) is 0 Å². The summed E-state index contributed by atoms with van der Waals surface area (Å²) in [7, 11) is 0. The van der Waals surface area contributed by atoms with Gasteiger partial charge in [0, 0.05) is 12.0 Å². The lowest BCUT2D eigenvalue weighted by molar-refractivity contribution is 0.0922. The Kier molecular flexibility index (Phi) is 5.68. The van der Waals surface area contributed by atoms with Crippen LogP contribution in [0.4, 0.5) is 0 Å². The molecule has 0 heterocycles. The lowest BCUT2D eigenvalue weighted by Crippen LogP contribution is -2.10. The lowest BCUT2D eigenvalue weighted by Gasteiger charge is -2.04. The minimum absolute atomic E-state index is 0.0558. The third-order valence-electron chi connectivity index (χ3n) is 3.02. The van der Waals surface area contributed by atoms with Crippen LogP contribution in [0.2, 0.25) is 0 Å². The minimum Gasteiger partial charge on any atom is -0.389 e. The second kappa shape index (κ2) is 7.98. The Bertz CT molecular complexity index is 613. The van der Waals surface area contributed by atoms with Gasteiger partial charge in [-0.15, -0.1) is 0 Å². The Morgan fingerprint density at radius 3 is 2.24 bits per heavy atom. The highest BCUT2D eigenvalue weighted by molar-refractivity contribution is 5.96. The SMILES string of the molecule is O=C(CC(O)C=CC=Cc1ccccc1)c1ccccc1. The Hall–Kier alpha value is -2.45. The van der Waals surface area contributed by atoms with E-state index in [1.807, 2.05) is 60.7 Å². The first-order valence-electron chi connectivity index (χ1n) is 6.92. The van der Waals surface area contributed by atoms with Crippen LogP contribution in [0.3, 0.4) is 0 Å². The summed E-state index contributed by atoms with van der Waals surface area (Å²) in [4.78, 5) is 11.9. The molecule has 1 unspecified atom stereocenters. The molecule has 0 aromatic heterocycles. The molecule has 0 amide bonds. The zero-order valence-corrected chi connectivity index (χ0v) is 11.7. The molecule has 2 heteroatoms. The number of benzene rings is 2. The number of carbonyl (C=O) groups is 1. The van der Waals surface area contributed by atoms with Gasteiger partial charge in [0.15, 0.2) is 5.78 Å². The van der Waals surface area contributed by atoms with E-state index in [0.717, 1.165) is 5.56 Å². The van der Waals surface area contributed by atoms with Crippen molar-refractivity contribution in [3.63, 3.8) is 0 Å². The molecule has 2 nitrogen and oxygen atoms in total. The van der Waals surface area contributed by atoms with Gasteiger partial charge in [0.2, 0.25) is 0 Å². The van der Waals surface area contributed by atoms with Gasteiger partial charge < -0.3 is 5.11 Å². The predicted molar refractivity (Wildman–Crippen MR) is 86.0 cm³/mol. The van der Waals surface area contributed by atoms with E-state index in [9.17, 15) is 9.90 Å². The van der Waals surface area contributed by atoms with Crippen LogP contribution in [-0.4, -0.2) is 17.0 Å². The van der Waals surface area contributed by atoms with Crippen molar-refractivity contribution in [3.05, 3.63) is 90.0 Å². The normalized spacial score (nSPS) is 12.8. The molecule has 0 aliphatic carbocycles. The molecule has 21 heavy (non-hydrogen) atoms. The lowest BCUT2D eigenvalue weighted by atomic mass is 10.1. The van der Waals surface area contributed by atoms with Crippen LogP contribution in [0.15, 0.2) is 78.9 Å². The van der Waals surface area contributed by atoms with Gasteiger partial charge >= 0.3 is 0 Å². The predicted octanol–water partition coefficient (Wildman–Crippen LogP) is 3.89. The van der Waals surface area contributed by atoms with Gasteiger partial charge in [-0.05, 0) is 5.56 Å². The van der Waals surface area contributed by atoms with Gasteiger partial charge in [0.1, 0.15) is 0 Å². The van der Waals surface area contributed by atoms with Crippen molar-refractivity contribution in [1.29, 1.82) is 0 Å². The average molecular weight is 278 g/mol. The maximum Gasteiger partial charge on any atom is 0.165 e. The quantitative estimate of drug-likeness (QED) is 0.643. The molecule has 106 valence electrons. The van der Waals surface area contributed by atoms with Gasteiger partial charge in [0.25, 0.3) is 0 Å². The molecule has 0 fully saturated rings. The summed E-state index contributed by atoms with van der Waals surface area (Å²) in [6, 6.07) is 18.9. The molecule has 0 saturated heterocycles. The van der Waals surface area contributed by atoms with E-state index in [1.54, 1.807) is 24.3 Å². The summed E-state index contributed by atoms with van der Waals surface area (Å²) in [6.07, 6.45) is 6.52. The molecule has 2 rings (SSSR count). The first-order chi connectivity index (χ1) is 10.3. The number of hydrogen-bond donors (Lipinski definition) is 1. The van der Waals surface area contributed by atoms with Gasteiger partial charge in [-0.25, -0.2) is 0 Å². The number of allylic oxidation sites excluding steroid dienone is 2. The molecule has 0 aliphatic rings. The molecular formula is C19H18O2. The van der Waals surface area contributed by atoms with E-state index in [2.05, 4.69) is 0 Å². The van der Waals surface area contributed by atoms with Crippen LogP contribution in [0, 0.1) is 0 Å². The van der Waals surface area contributed by atoms with E-state index in [4.69, 9.17) is 0 Å². The van der Waals surface area contributed by atoms with Crippen LogP contribution in [0.25, 0.3) is 6.08 Å². The standard InChI is InChI=1S/C19H18O2/c20-18(15-19(21)17-12-5-2-6-13-17)14-8-7-11-16-9-3-1-4-10-16/h1-14,18,20H,15H2. The van der Waals surface area contributed by atoms with Gasteiger partial charge in [-0.3, -0.25) is 4.79 Å². The number of hydrogen-bond acceptors (Lipinski definition) is 2. The summed E-state index contributed by atoms with van der Waals surface area (Å²) in [6.45, 7) is 0. The van der Waals surface area contributed by atoms with Gasteiger partial charge in [-0.1, -0.05) is 85.0 Å². The number of ketones is 1. The van der Waals surface area contributed by atoms with E-state index in [-0.39, 0.29) is 12.2 Å². The zero-order valence-electron chi connectivity index (χ0n) is 11.7. The average Bonchev–Trinajstić information content (AvgIpc) is 2.53. The fraction of sp³-hybridized carbons (Fsp3) is 0.105. The molecular weight excluding hydrogens is 260 g/mol. The Morgan fingerprint density at radius 1 is 0.952 bits per heavy atom. The summed E-state index contributed by atoms with van der Waals surface area (Å²) in [5.41, 5.74) is 1.72. The van der Waals surface area contributed by atoms with Gasteiger partial charge in [-0.2, -0.15) is 0 Å². The highest BCUT2D eigenvalue weighted by atomic mass is 16.3. The number of aliphatic hydroxyl groups is 1. The zero-order chi connectivity index (χ0) is 14.9. The van der Waals surface area contributed by atoms with Crippen molar-refractivity contribution < 1.29 is 9.90 Å². The molecule has 1 atom stereocenters. The second-order valence-electron chi connectivity index (χ2n) is 4.72. The van der Waals surface area contributed by atoms with Crippen LogP contribution in [0.1, 0.15) is 22.3 Å². The van der Waals surface area contributed by atoms with Crippen molar-refractivity contribution in [1.82, 2.24) is 0 Å². The van der Waals surface area contributed by atoms with E-state index < -0.39 is 6.10 Å². The minimum atomic E-state index is -0.766. The number of aliphatic hydroxyl groups excluding tert-OH is 1. The number of rotatable bonds is 6. The van der Waals surface area contributed by atoms with Crippen LogP contribution >= 0.6 is 0 Å². The van der Waals surface area contributed by atoms with Crippen LogP contribution < -0.4 is 0 Å². The van der Waals surface area contributed by atoms with Crippen LogP contribution in [0.5, 0.6) is 0 Å². The maximum atomic E-state index is 11.9. The first kappa shape index (κ1) is 14.9. The molecule has 2 aromatic carbocycles. The summed E-state index contributed by atoms with van der Waals surface area (Å²) in [5.74, 6) is -0.0558. The Balaban J connectivity index is 1.84. The Morgan fingerprint density at radius 2 is 1.57 bits per heavy atom. The summed E-state index contributed by atoms with van der Waals surface area (Å²) < 4.78 is 0. The van der Waals surface area contributed by atoms with Crippen molar-refractivity contribution in [2.75, 3.05) is 0 Å². The Labute approximate surface area is 125 Å². The largest absolute Gasteiger partial charge is 0.389 e. The molecule has 0 aliphatic heterocycles. The summed E-state index contributed by atoms with van der Waals surface area (Å²) in [5, 5.41) is 9.84. The fourth-order valence-electron chi connectivity index (χ4n) is 1.92. The van der Waals surface area contributed by atoms with Crippen molar-refractivity contribution in [2.45, 2.75) is 12.5 Å². The smallest absolute Gasteiger partial charge is 0.165 e. The van der Waals surface area contributed by atoms with E-state index >= 15 is 0 Å². The molecule has 0 spiro atoms. The first-order valence-corrected chi connectivity index (χ1v) is 6.92. The number of carbonyl (C=O) groups excluding carboxylic acids is 1. The van der Waals surface area contributed by atoms with Crippen molar-refractivity contribution >= 4 is 11.9 Å². The molecule has 0 saturated carbocycles. The highest BCUT2D eigenvalue weighted by Crippen LogP contribution is 2.07. The third-order valence-corrected chi connectivity index (χ3v) is 3.02. The van der Waals surface area contributed by atoms with Crippen molar-refractivity contribution in [3.8, 4) is 0 Å². The molecule has 0 bridgehead atoms. The highest BCUT2D eigenvalue weighted by Gasteiger charge is 2.09. The maximum absolute atomic E-state index is 11.9. The summed E-state index contributed by atoms with van der Waals surface area (Å²) >= 11 is 0. The van der Waals surface area contributed by atoms with Gasteiger partial charge in [0.05, 0.1) is 6.10 Å².